The van der Waals surface area contributed by atoms with E-state index < -0.39 is 11.9 Å². The van der Waals surface area contributed by atoms with Crippen molar-refractivity contribution in [1.29, 1.82) is 0 Å². The summed E-state index contributed by atoms with van der Waals surface area (Å²) in [7, 11) is 0. The summed E-state index contributed by atoms with van der Waals surface area (Å²) in [6, 6.07) is 14.7. The number of amides is 3. The zero-order valence-electron chi connectivity index (χ0n) is 12.4. The molecule has 0 aromatic heterocycles. The fourth-order valence-corrected chi connectivity index (χ4v) is 2.01. The van der Waals surface area contributed by atoms with Crippen molar-refractivity contribution >= 4 is 29.1 Å². The first-order chi connectivity index (χ1) is 10.5. The van der Waals surface area contributed by atoms with Crippen LogP contribution in [0.2, 0.25) is 0 Å². The van der Waals surface area contributed by atoms with Crippen LogP contribution in [0, 0.1) is 0 Å². The number of hydrogen-bond donors (Lipinski definition) is 1. The van der Waals surface area contributed by atoms with Gasteiger partial charge in [-0.05, 0) is 31.2 Å². The standard InChI is InChI=1S/C17H16N2O3/c1-12(20)14-7-6-10-16(11-14)19(13(2)21)17(22)18-15-8-4-3-5-9-15/h3-11H,1-2H3,(H,18,22). The van der Waals surface area contributed by atoms with Crippen LogP contribution in [0.4, 0.5) is 16.2 Å². The van der Waals surface area contributed by atoms with E-state index in [-0.39, 0.29) is 5.78 Å². The number of benzene rings is 2. The van der Waals surface area contributed by atoms with Crippen molar-refractivity contribution in [2.45, 2.75) is 13.8 Å². The van der Waals surface area contributed by atoms with Gasteiger partial charge in [-0.2, -0.15) is 0 Å². The van der Waals surface area contributed by atoms with Gasteiger partial charge in [-0.3, -0.25) is 9.59 Å². The Balaban J connectivity index is 2.30. The number of carbonyl (C=O) groups excluding carboxylic acids is 3. The molecular formula is C17H16N2O3. The second-order valence-electron chi connectivity index (χ2n) is 4.76. The zero-order chi connectivity index (χ0) is 16.1. The Labute approximate surface area is 128 Å². The van der Waals surface area contributed by atoms with E-state index in [1.165, 1.54) is 19.9 Å². The number of hydrogen-bond acceptors (Lipinski definition) is 3. The Bertz CT molecular complexity index is 711. The molecule has 0 spiro atoms. The molecule has 0 unspecified atom stereocenters. The maximum Gasteiger partial charge on any atom is 0.333 e. The quantitative estimate of drug-likeness (QED) is 0.882. The van der Waals surface area contributed by atoms with E-state index in [0.717, 1.165) is 4.90 Å². The zero-order valence-corrected chi connectivity index (χ0v) is 12.4. The number of rotatable bonds is 3. The summed E-state index contributed by atoms with van der Waals surface area (Å²) in [5.41, 5.74) is 1.38. The van der Waals surface area contributed by atoms with Crippen molar-refractivity contribution < 1.29 is 14.4 Å². The molecule has 22 heavy (non-hydrogen) atoms. The molecule has 0 aliphatic heterocycles. The van der Waals surface area contributed by atoms with Crippen LogP contribution >= 0.6 is 0 Å². The molecule has 0 bridgehead atoms. The van der Waals surface area contributed by atoms with Gasteiger partial charge in [-0.15, -0.1) is 0 Å². The Hall–Kier alpha value is -2.95. The molecule has 0 atom stereocenters. The SMILES string of the molecule is CC(=O)c1cccc(N(C(C)=O)C(=O)Nc2ccccc2)c1. The topological polar surface area (TPSA) is 66.5 Å². The maximum atomic E-state index is 12.3. The highest BCUT2D eigenvalue weighted by Crippen LogP contribution is 2.19. The van der Waals surface area contributed by atoms with Crippen molar-refractivity contribution in [3.63, 3.8) is 0 Å². The summed E-state index contributed by atoms with van der Waals surface area (Å²) in [5, 5.41) is 2.65. The van der Waals surface area contributed by atoms with Crippen molar-refractivity contribution in [2.24, 2.45) is 0 Å². The van der Waals surface area contributed by atoms with Crippen LogP contribution in [0.1, 0.15) is 24.2 Å². The minimum absolute atomic E-state index is 0.131. The minimum Gasteiger partial charge on any atom is -0.307 e. The molecule has 2 aromatic carbocycles. The Kier molecular flexibility index (Phi) is 4.68. The minimum atomic E-state index is -0.570. The summed E-state index contributed by atoms with van der Waals surface area (Å²) < 4.78 is 0. The molecule has 1 N–H and O–H groups in total. The first-order valence-electron chi connectivity index (χ1n) is 6.77. The molecule has 5 heteroatoms. The number of imide groups is 1. The third kappa shape index (κ3) is 3.58. The molecule has 0 aliphatic rings. The van der Waals surface area contributed by atoms with Gasteiger partial charge in [-0.1, -0.05) is 30.3 Å². The van der Waals surface area contributed by atoms with Gasteiger partial charge < -0.3 is 5.32 Å². The van der Waals surface area contributed by atoms with Crippen LogP contribution in [0.5, 0.6) is 0 Å². The third-order valence-corrected chi connectivity index (χ3v) is 3.05. The fraction of sp³-hybridized carbons (Fsp3) is 0.118. The van der Waals surface area contributed by atoms with E-state index in [9.17, 15) is 14.4 Å². The Morgan fingerprint density at radius 3 is 2.18 bits per heavy atom. The number of nitrogens with one attached hydrogen (secondary N) is 1. The third-order valence-electron chi connectivity index (χ3n) is 3.05. The molecule has 112 valence electrons. The summed E-state index contributed by atoms with van der Waals surface area (Å²) in [4.78, 5) is 36.6. The number of anilines is 2. The van der Waals surface area contributed by atoms with Crippen molar-refractivity contribution in [3.05, 3.63) is 60.2 Å². The van der Waals surface area contributed by atoms with E-state index in [1.807, 2.05) is 6.07 Å². The number of Topliss-reactive ketones (excluding diaryl/α,β-unsaturated/α-hetero) is 1. The van der Waals surface area contributed by atoms with Crippen LogP contribution in [-0.4, -0.2) is 17.7 Å². The number of urea groups is 1. The van der Waals surface area contributed by atoms with Gasteiger partial charge in [0.05, 0.1) is 5.69 Å². The second-order valence-corrected chi connectivity index (χ2v) is 4.76. The lowest BCUT2D eigenvalue weighted by Gasteiger charge is -2.20. The van der Waals surface area contributed by atoms with Crippen LogP contribution in [-0.2, 0) is 4.79 Å². The van der Waals surface area contributed by atoms with Gasteiger partial charge in [0.2, 0.25) is 5.91 Å². The molecule has 2 aromatic rings. The monoisotopic (exact) mass is 296 g/mol. The number of carbonyl (C=O) groups is 3. The lowest BCUT2D eigenvalue weighted by atomic mass is 10.1. The van der Waals surface area contributed by atoms with Crippen LogP contribution in [0.3, 0.4) is 0 Å². The van der Waals surface area contributed by atoms with Crippen molar-refractivity contribution in [3.8, 4) is 0 Å². The van der Waals surface area contributed by atoms with Gasteiger partial charge in [0.1, 0.15) is 0 Å². The number of para-hydroxylation sites is 1. The van der Waals surface area contributed by atoms with Gasteiger partial charge in [0, 0.05) is 18.2 Å². The van der Waals surface area contributed by atoms with Crippen LogP contribution in [0.15, 0.2) is 54.6 Å². The number of nitrogens with zero attached hydrogens (tertiary/aromatic N) is 1. The molecule has 0 aliphatic carbocycles. The highest BCUT2D eigenvalue weighted by molar-refractivity contribution is 6.18. The average Bonchev–Trinajstić information content (AvgIpc) is 2.48. The van der Waals surface area contributed by atoms with Crippen molar-refractivity contribution in [2.75, 3.05) is 10.2 Å². The average molecular weight is 296 g/mol. The first kappa shape index (κ1) is 15.4. The van der Waals surface area contributed by atoms with Gasteiger partial charge in [0.15, 0.2) is 5.78 Å². The van der Waals surface area contributed by atoms with Gasteiger partial charge >= 0.3 is 6.03 Å². The van der Waals surface area contributed by atoms with Crippen LogP contribution in [0.25, 0.3) is 0 Å². The lowest BCUT2D eigenvalue weighted by Crippen LogP contribution is -2.38. The molecular weight excluding hydrogens is 280 g/mol. The Morgan fingerprint density at radius 1 is 0.909 bits per heavy atom. The van der Waals surface area contributed by atoms with Crippen molar-refractivity contribution in [1.82, 2.24) is 0 Å². The molecule has 0 radical (unpaired) electrons. The van der Waals surface area contributed by atoms with E-state index in [4.69, 9.17) is 0 Å². The summed E-state index contributed by atoms with van der Waals surface area (Å²) in [6.45, 7) is 2.73. The fourth-order valence-electron chi connectivity index (χ4n) is 2.01. The predicted molar refractivity (Wildman–Crippen MR) is 85.1 cm³/mol. The van der Waals surface area contributed by atoms with E-state index in [0.29, 0.717) is 16.9 Å². The smallest absolute Gasteiger partial charge is 0.307 e. The van der Waals surface area contributed by atoms with E-state index in [2.05, 4.69) is 5.32 Å². The molecule has 0 heterocycles. The highest BCUT2D eigenvalue weighted by Gasteiger charge is 2.21. The number of ketones is 1. The summed E-state index contributed by atoms with van der Waals surface area (Å²) >= 11 is 0. The summed E-state index contributed by atoms with van der Waals surface area (Å²) in [6.07, 6.45) is 0. The Morgan fingerprint density at radius 2 is 1.59 bits per heavy atom. The normalized spacial score (nSPS) is 9.91. The van der Waals surface area contributed by atoms with Gasteiger partial charge in [-0.25, -0.2) is 9.69 Å². The molecule has 3 amide bonds. The molecule has 0 fully saturated rings. The van der Waals surface area contributed by atoms with Crippen LogP contribution < -0.4 is 10.2 Å². The maximum absolute atomic E-state index is 12.3. The van der Waals surface area contributed by atoms with Gasteiger partial charge in [0.25, 0.3) is 0 Å². The molecule has 0 saturated carbocycles. The summed E-state index contributed by atoms with van der Waals surface area (Å²) in [5.74, 6) is -0.567. The molecule has 5 nitrogen and oxygen atoms in total. The predicted octanol–water partition coefficient (Wildman–Crippen LogP) is 3.47. The highest BCUT2D eigenvalue weighted by atomic mass is 16.2. The lowest BCUT2D eigenvalue weighted by molar-refractivity contribution is -0.115. The molecule has 2 rings (SSSR count). The van der Waals surface area contributed by atoms with E-state index >= 15 is 0 Å². The van der Waals surface area contributed by atoms with E-state index in [1.54, 1.807) is 42.5 Å². The molecule has 0 saturated heterocycles. The largest absolute Gasteiger partial charge is 0.333 e. The second kappa shape index (κ2) is 6.67. The first-order valence-corrected chi connectivity index (χ1v) is 6.77.